The average Bonchev–Trinajstić information content (AvgIpc) is 2.60. The zero-order valence-electron chi connectivity index (χ0n) is 14.3. The molecule has 0 unspecified atom stereocenters. The van der Waals surface area contributed by atoms with Gasteiger partial charge in [-0.25, -0.2) is 9.97 Å². The van der Waals surface area contributed by atoms with E-state index in [1.165, 1.54) is 12.3 Å². The van der Waals surface area contributed by atoms with Crippen LogP contribution in [0.1, 0.15) is 35.8 Å². The quantitative estimate of drug-likeness (QED) is 0.785. The van der Waals surface area contributed by atoms with Crippen LogP contribution in [0.4, 0.5) is 24.8 Å². The number of nitrogens with one attached hydrogen (secondary N) is 1. The molecule has 1 N–H and O–H groups in total. The van der Waals surface area contributed by atoms with Gasteiger partial charge in [-0.2, -0.15) is 13.2 Å². The van der Waals surface area contributed by atoms with Gasteiger partial charge in [0.05, 0.1) is 16.3 Å². The van der Waals surface area contributed by atoms with Gasteiger partial charge in [0.2, 0.25) is 5.95 Å². The number of aromatic nitrogens is 2. The van der Waals surface area contributed by atoms with Gasteiger partial charge in [-0.15, -0.1) is 0 Å². The van der Waals surface area contributed by atoms with Crippen LogP contribution in [0.5, 0.6) is 0 Å². The molecule has 1 aromatic carbocycles. The van der Waals surface area contributed by atoms with Crippen molar-refractivity contribution in [2.24, 2.45) is 0 Å². The number of rotatable bonds is 6. The molecule has 9 heteroatoms. The molecule has 0 spiro atoms. The third-order valence-electron chi connectivity index (χ3n) is 3.61. The van der Waals surface area contributed by atoms with E-state index in [2.05, 4.69) is 22.2 Å². The highest BCUT2D eigenvalue weighted by atomic mass is 35.5. The van der Waals surface area contributed by atoms with Crippen molar-refractivity contribution in [1.82, 2.24) is 9.97 Å². The summed E-state index contributed by atoms with van der Waals surface area (Å²) >= 11 is 5.89. The van der Waals surface area contributed by atoms with E-state index in [0.29, 0.717) is 5.95 Å². The zero-order valence-corrected chi connectivity index (χ0v) is 15.0. The van der Waals surface area contributed by atoms with Crippen LogP contribution in [-0.4, -0.2) is 29.5 Å². The Morgan fingerprint density at radius 2 is 2.04 bits per heavy atom. The van der Waals surface area contributed by atoms with Crippen LogP contribution in [0.3, 0.4) is 0 Å². The standard InChI is InChI=1S/C17H18ClF3N4O/c1-3-4-9-25(2)16-22-8-7-13(24-16)15(26)23-14-10-11(17(19,20)21)5-6-12(14)18/h5-8,10H,3-4,9H2,1-2H3,(H,23,26). The van der Waals surface area contributed by atoms with E-state index in [1.54, 1.807) is 11.9 Å². The fourth-order valence-electron chi connectivity index (χ4n) is 2.14. The molecule has 0 radical (unpaired) electrons. The van der Waals surface area contributed by atoms with Crippen LogP contribution in [0, 0.1) is 0 Å². The minimum absolute atomic E-state index is 0.000642. The van der Waals surface area contributed by atoms with Crippen molar-refractivity contribution < 1.29 is 18.0 Å². The van der Waals surface area contributed by atoms with E-state index in [-0.39, 0.29) is 16.4 Å². The fourth-order valence-corrected chi connectivity index (χ4v) is 2.30. The highest BCUT2D eigenvalue weighted by molar-refractivity contribution is 6.33. The van der Waals surface area contributed by atoms with E-state index in [4.69, 9.17) is 11.6 Å². The molecule has 5 nitrogen and oxygen atoms in total. The molecule has 0 aliphatic rings. The number of benzene rings is 1. The van der Waals surface area contributed by atoms with E-state index in [9.17, 15) is 18.0 Å². The van der Waals surface area contributed by atoms with Gasteiger partial charge in [0.15, 0.2) is 0 Å². The fraction of sp³-hybridized carbons (Fsp3) is 0.353. The molecule has 0 saturated carbocycles. The summed E-state index contributed by atoms with van der Waals surface area (Å²) in [7, 11) is 1.80. The predicted molar refractivity (Wildman–Crippen MR) is 94.6 cm³/mol. The monoisotopic (exact) mass is 386 g/mol. The van der Waals surface area contributed by atoms with Gasteiger partial charge in [-0.1, -0.05) is 24.9 Å². The Morgan fingerprint density at radius 1 is 1.31 bits per heavy atom. The minimum Gasteiger partial charge on any atom is -0.344 e. The lowest BCUT2D eigenvalue weighted by Crippen LogP contribution is -2.23. The number of anilines is 2. The molecule has 0 aliphatic carbocycles. The van der Waals surface area contributed by atoms with Crippen molar-refractivity contribution in [3.8, 4) is 0 Å². The highest BCUT2D eigenvalue weighted by Crippen LogP contribution is 2.33. The van der Waals surface area contributed by atoms with Crippen LogP contribution in [0.2, 0.25) is 5.02 Å². The number of nitrogens with zero attached hydrogens (tertiary/aromatic N) is 3. The first-order valence-corrected chi connectivity index (χ1v) is 8.32. The summed E-state index contributed by atoms with van der Waals surface area (Å²) in [5.74, 6) is -0.306. The molecular formula is C17H18ClF3N4O. The number of carbonyl (C=O) groups is 1. The van der Waals surface area contributed by atoms with Crippen molar-refractivity contribution in [3.63, 3.8) is 0 Å². The zero-order chi connectivity index (χ0) is 19.3. The number of hydrogen-bond donors (Lipinski definition) is 1. The molecule has 1 aromatic heterocycles. The van der Waals surface area contributed by atoms with Crippen LogP contribution >= 0.6 is 11.6 Å². The molecule has 0 aliphatic heterocycles. The Bertz CT molecular complexity index is 783. The lowest BCUT2D eigenvalue weighted by Gasteiger charge is -2.17. The average molecular weight is 387 g/mol. The van der Waals surface area contributed by atoms with Crippen molar-refractivity contribution in [3.05, 3.63) is 46.7 Å². The third-order valence-corrected chi connectivity index (χ3v) is 3.94. The summed E-state index contributed by atoms with van der Waals surface area (Å²) in [6.07, 6.45) is -1.17. The van der Waals surface area contributed by atoms with Crippen LogP contribution in [0.25, 0.3) is 0 Å². The summed E-state index contributed by atoms with van der Waals surface area (Å²) in [5.41, 5.74) is -1.00. The molecule has 0 bridgehead atoms. The van der Waals surface area contributed by atoms with Crippen molar-refractivity contribution >= 4 is 29.1 Å². The predicted octanol–water partition coefficient (Wildman–Crippen LogP) is 4.64. The maximum absolute atomic E-state index is 12.8. The Hall–Kier alpha value is -2.35. The van der Waals surface area contributed by atoms with Gasteiger partial charge < -0.3 is 10.2 Å². The summed E-state index contributed by atoms with van der Waals surface area (Å²) in [5, 5.41) is 2.37. The summed E-state index contributed by atoms with van der Waals surface area (Å²) < 4.78 is 38.5. The molecule has 1 heterocycles. The summed E-state index contributed by atoms with van der Waals surface area (Å²) in [4.78, 5) is 22.4. The van der Waals surface area contributed by atoms with Crippen LogP contribution < -0.4 is 10.2 Å². The highest BCUT2D eigenvalue weighted by Gasteiger charge is 2.31. The van der Waals surface area contributed by atoms with Gasteiger partial charge in [0.1, 0.15) is 5.69 Å². The van der Waals surface area contributed by atoms with Crippen LogP contribution in [0.15, 0.2) is 30.5 Å². The second-order valence-electron chi connectivity index (χ2n) is 5.66. The van der Waals surface area contributed by atoms with Gasteiger partial charge >= 0.3 is 6.18 Å². The Morgan fingerprint density at radius 3 is 2.69 bits per heavy atom. The smallest absolute Gasteiger partial charge is 0.344 e. The van der Waals surface area contributed by atoms with Gasteiger partial charge in [0, 0.05) is 19.8 Å². The molecule has 2 rings (SSSR count). The maximum atomic E-state index is 12.8. The maximum Gasteiger partial charge on any atom is 0.416 e. The second kappa shape index (κ2) is 8.35. The van der Waals surface area contributed by atoms with Crippen molar-refractivity contribution in [2.45, 2.75) is 25.9 Å². The van der Waals surface area contributed by atoms with E-state index in [0.717, 1.165) is 37.6 Å². The summed E-state index contributed by atoms with van der Waals surface area (Å²) in [6.45, 7) is 2.78. The number of amides is 1. The van der Waals surface area contributed by atoms with Gasteiger partial charge in [-0.05, 0) is 30.7 Å². The first kappa shape index (κ1) is 20.0. The second-order valence-corrected chi connectivity index (χ2v) is 6.07. The third kappa shape index (κ3) is 5.08. The Balaban J connectivity index is 2.20. The number of hydrogen-bond acceptors (Lipinski definition) is 4. The van der Waals surface area contributed by atoms with Gasteiger partial charge in [-0.3, -0.25) is 4.79 Å². The topological polar surface area (TPSA) is 58.1 Å². The Labute approximate surface area is 154 Å². The van der Waals surface area contributed by atoms with Crippen molar-refractivity contribution in [1.29, 1.82) is 0 Å². The number of carbonyl (C=O) groups excluding carboxylic acids is 1. The number of halogens is 4. The molecule has 0 atom stereocenters. The number of unbranched alkanes of at least 4 members (excludes halogenated alkanes) is 1. The molecule has 0 saturated heterocycles. The lowest BCUT2D eigenvalue weighted by molar-refractivity contribution is -0.137. The normalized spacial score (nSPS) is 11.3. The van der Waals surface area contributed by atoms with Crippen molar-refractivity contribution in [2.75, 3.05) is 23.8 Å². The molecular weight excluding hydrogens is 369 g/mol. The van der Waals surface area contributed by atoms with E-state index in [1.807, 2.05) is 0 Å². The summed E-state index contributed by atoms with van der Waals surface area (Å²) in [6, 6.07) is 4.11. The number of alkyl halides is 3. The largest absolute Gasteiger partial charge is 0.416 e. The molecule has 0 fully saturated rings. The van der Waals surface area contributed by atoms with Gasteiger partial charge in [0.25, 0.3) is 5.91 Å². The van der Waals surface area contributed by atoms with E-state index >= 15 is 0 Å². The van der Waals surface area contributed by atoms with E-state index < -0.39 is 17.6 Å². The minimum atomic E-state index is -4.53. The molecule has 140 valence electrons. The lowest BCUT2D eigenvalue weighted by atomic mass is 10.2. The first-order chi connectivity index (χ1) is 12.2. The molecule has 26 heavy (non-hydrogen) atoms. The first-order valence-electron chi connectivity index (χ1n) is 7.94. The SMILES string of the molecule is CCCCN(C)c1nccc(C(=O)Nc2cc(C(F)(F)F)ccc2Cl)n1. The molecule has 1 amide bonds. The Kier molecular flexibility index (Phi) is 6.42. The van der Waals surface area contributed by atoms with Crippen LogP contribution in [-0.2, 0) is 6.18 Å². The molecule has 2 aromatic rings.